The molecule has 0 aliphatic rings. The second kappa shape index (κ2) is 5.88. The van der Waals surface area contributed by atoms with Crippen LogP contribution in [0.4, 0.5) is 5.69 Å². The fraction of sp³-hybridized carbons (Fsp3) is 0.188. The van der Waals surface area contributed by atoms with Gasteiger partial charge in [-0.1, -0.05) is 41.4 Å². The lowest BCUT2D eigenvalue weighted by molar-refractivity contribution is 0.586. The molecule has 108 valence electrons. The molecule has 1 unspecified atom stereocenters. The number of rotatable bonds is 3. The summed E-state index contributed by atoms with van der Waals surface area (Å²) < 4.78 is 25.4. The zero-order valence-electron chi connectivity index (χ0n) is 11.7. The number of aryl methyl sites for hydroxylation is 1. The second-order valence-corrected chi connectivity index (χ2v) is 7.52. The molecule has 0 saturated heterocycles. The molecule has 0 aliphatic heterocycles. The highest BCUT2D eigenvalue weighted by Crippen LogP contribution is 2.36. The molecule has 2 aromatic carbocycles. The molecule has 2 aromatic rings. The highest BCUT2D eigenvalue weighted by atomic mass is 35.5. The predicted molar refractivity (Wildman–Crippen MR) is 84.5 cm³/mol. The average Bonchev–Trinajstić information content (AvgIpc) is 2.46. The Balaban J connectivity index is 2.53. The van der Waals surface area contributed by atoms with Crippen LogP contribution in [0.1, 0.15) is 23.3 Å². The molecule has 0 aliphatic carbocycles. The van der Waals surface area contributed by atoms with Gasteiger partial charge in [-0.15, -0.1) is 0 Å². The highest BCUT2D eigenvalue weighted by molar-refractivity contribution is 7.91. The molecule has 21 heavy (non-hydrogen) atoms. The molecule has 2 rings (SSSR count). The molecule has 0 saturated carbocycles. The number of hydrogen-bond acceptors (Lipinski definition) is 2. The van der Waals surface area contributed by atoms with Gasteiger partial charge < -0.3 is 0 Å². The summed E-state index contributed by atoms with van der Waals surface area (Å²) in [6, 6.07) is 11.4. The zero-order valence-corrected chi connectivity index (χ0v) is 13.2. The molecule has 0 bridgehead atoms. The maximum atomic E-state index is 12.7. The van der Waals surface area contributed by atoms with Gasteiger partial charge in [0.2, 0.25) is 0 Å². The summed E-state index contributed by atoms with van der Waals surface area (Å²) in [6.45, 7) is 10.6. The van der Waals surface area contributed by atoms with Gasteiger partial charge in [-0.2, -0.15) is 0 Å². The minimum absolute atomic E-state index is 0.247. The Labute approximate surface area is 129 Å². The number of sulfone groups is 1. The molecule has 0 radical (unpaired) electrons. The Morgan fingerprint density at radius 2 is 1.76 bits per heavy atom. The summed E-state index contributed by atoms with van der Waals surface area (Å²) in [5, 5.41) is -0.411. The molecular formula is C16H14ClNO2S. The van der Waals surface area contributed by atoms with Gasteiger partial charge in [-0.25, -0.2) is 13.3 Å². The van der Waals surface area contributed by atoms with Gasteiger partial charge in [0.15, 0.2) is 15.5 Å². The van der Waals surface area contributed by atoms with Gasteiger partial charge in [-0.3, -0.25) is 0 Å². The number of nitrogens with zero attached hydrogens (tertiary/aromatic N) is 1. The summed E-state index contributed by atoms with van der Waals surface area (Å²) in [5.74, 6) is 0. The van der Waals surface area contributed by atoms with E-state index in [1.165, 1.54) is 0 Å². The minimum Gasteiger partial charge on any atom is -0.238 e. The van der Waals surface area contributed by atoms with Crippen LogP contribution in [0.2, 0.25) is 5.02 Å². The fourth-order valence-electron chi connectivity index (χ4n) is 2.05. The van der Waals surface area contributed by atoms with E-state index in [0.717, 1.165) is 5.56 Å². The van der Waals surface area contributed by atoms with Crippen molar-refractivity contribution in [3.05, 3.63) is 70.0 Å². The van der Waals surface area contributed by atoms with Gasteiger partial charge >= 0.3 is 0 Å². The number of benzene rings is 2. The Morgan fingerprint density at radius 1 is 1.14 bits per heavy atom. The molecule has 3 nitrogen and oxygen atoms in total. The van der Waals surface area contributed by atoms with Gasteiger partial charge in [0.1, 0.15) is 0 Å². The van der Waals surface area contributed by atoms with Crippen molar-refractivity contribution in [1.29, 1.82) is 0 Å². The van der Waals surface area contributed by atoms with Crippen molar-refractivity contribution in [2.75, 3.05) is 0 Å². The zero-order chi connectivity index (χ0) is 15.6. The molecule has 0 N–H and O–H groups in total. The van der Waals surface area contributed by atoms with Crippen LogP contribution < -0.4 is 0 Å². The van der Waals surface area contributed by atoms with Crippen LogP contribution in [0, 0.1) is 13.5 Å². The Bertz CT molecular complexity index is 805. The summed E-state index contributed by atoms with van der Waals surface area (Å²) in [7, 11) is -3.56. The predicted octanol–water partition coefficient (Wildman–Crippen LogP) is 4.73. The van der Waals surface area contributed by atoms with Crippen molar-refractivity contribution < 1.29 is 8.42 Å². The first-order chi connectivity index (χ1) is 9.86. The van der Waals surface area contributed by atoms with Crippen LogP contribution in [-0.4, -0.2) is 8.42 Å². The van der Waals surface area contributed by atoms with Crippen LogP contribution in [0.15, 0.2) is 47.4 Å². The first-order valence-corrected chi connectivity index (χ1v) is 8.26. The molecule has 0 heterocycles. The summed E-state index contributed by atoms with van der Waals surface area (Å²) >= 11 is 5.94. The molecule has 0 aromatic heterocycles. The van der Waals surface area contributed by atoms with Crippen molar-refractivity contribution in [2.24, 2.45) is 0 Å². The first-order valence-electron chi connectivity index (χ1n) is 6.33. The van der Waals surface area contributed by atoms with Gasteiger partial charge in [0.25, 0.3) is 0 Å². The largest absolute Gasteiger partial charge is 0.238 e. The third-order valence-electron chi connectivity index (χ3n) is 3.36. The lowest BCUT2D eigenvalue weighted by atomic mass is 10.1. The van der Waals surface area contributed by atoms with Crippen molar-refractivity contribution in [2.45, 2.75) is 24.0 Å². The fourth-order valence-corrected chi connectivity index (χ4v) is 3.68. The van der Waals surface area contributed by atoms with Crippen molar-refractivity contribution in [1.82, 2.24) is 0 Å². The van der Waals surface area contributed by atoms with Gasteiger partial charge in [0.05, 0.1) is 16.7 Å². The van der Waals surface area contributed by atoms with E-state index in [4.69, 9.17) is 18.2 Å². The van der Waals surface area contributed by atoms with E-state index in [9.17, 15) is 8.42 Å². The van der Waals surface area contributed by atoms with Crippen molar-refractivity contribution in [3.63, 3.8) is 0 Å². The van der Waals surface area contributed by atoms with E-state index >= 15 is 0 Å². The smallest absolute Gasteiger partial charge is 0.191 e. The quantitative estimate of drug-likeness (QED) is 0.767. The topological polar surface area (TPSA) is 38.5 Å². The molecule has 0 fully saturated rings. The van der Waals surface area contributed by atoms with Crippen molar-refractivity contribution >= 4 is 27.1 Å². The second-order valence-electron chi connectivity index (χ2n) is 4.82. The summed E-state index contributed by atoms with van der Waals surface area (Å²) in [5.41, 5.74) is 1.73. The van der Waals surface area contributed by atoms with Crippen LogP contribution in [-0.2, 0) is 9.84 Å². The first kappa shape index (κ1) is 15.6. The van der Waals surface area contributed by atoms with E-state index < -0.39 is 15.1 Å². The third kappa shape index (κ3) is 3.10. The van der Waals surface area contributed by atoms with Crippen LogP contribution >= 0.6 is 11.6 Å². The standard InChI is InChI=1S/C16H14ClNO2S/c1-11-4-7-14(8-5-11)21(19,20)12(2)15-10-13(17)6-9-16(15)18-3/h4-10,12H,1-2H3. The lowest BCUT2D eigenvalue weighted by Gasteiger charge is -2.15. The monoisotopic (exact) mass is 319 g/mol. The Morgan fingerprint density at radius 3 is 2.33 bits per heavy atom. The Hall–Kier alpha value is -1.83. The van der Waals surface area contributed by atoms with E-state index in [1.54, 1.807) is 49.4 Å². The summed E-state index contributed by atoms with van der Waals surface area (Å²) in [4.78, 5) is 3.63. The molecule has 1 atom stereocenters. The van der Waals surface area contributed by atoms with Crippen LogP contribution in [0.5, 0.6) is 0 Å². The Kier molecular flexibility index (Phi) is 4.36. The van der Waals surface area contributed by atoms with Gasteiger partial charge in [-0.05, 0) is 37.6 Å². The molecular weight excluding hydrogens is 306 g/mol. The van der Waals surface area contributed by atoms with E-state index in [1.807, 2.05) is 6.92 Å². The minimum atomic E-state index is -3.56. The van der Waals surface area contributed by atoms with E-state index in [0.29, 0.717) is 16.3 Å². The van der Waals surface area contributed by atoms with Crippen molar-refractivity contribution in [3.8, 4) is 0 Å². The van der Waals surface area contributed by atoms with Crippen LogP contribution in [0.3, 0.4) is 0 Å². The average molecular weight is 320 g/mol. The SMILES string of the molecule is [C-]#[N+]c1ccc(Cl)cc1C(C)S(=O)(=O)c1ccc(C)cc1. The third-order valence-corrected chi connectivity index (χ3v) is 5.71. The van der Waals surface area contributed by atoms with E-state index in [-0.39, 0.29) is 4.90 Å². The van der Waals surface area contributed by atoms with Crippen LogP contribution in [0.25, 0.3) is 4.85 Å². The van der Waals surface area contributed by atoms with E-state index in [2.05, 4.69) is 4.85 Å². The molecule has 0 amide bonds. The molecule has 0 spiro atoms. The number of hydrogen-bond donors (Lipinski definition) is 0. The maximum Gasteiger partial charge on any atom is 0.191 e. The normalized spacial score (nSPS) is 12.7. The lowest BCUT2D eigenvalue weighted by Crippen LogP contribution is -2.11. The maximum absolute atomic E-state index is 12.7. The number of halogens is 1. The highest BCUT2D eigenvalue weighted by Gasteiger charge is 2.26. The van der Waals surface area contributed by atoms with Gasteiger partial charge in [0, 0.05) is 5.02 Å². The summed E-state index contributed by atoms with van der Waals surface area (Å²) in [6.07, 6.45) is 0. The molecule has 5 heteroatoms.